The third kappa shape index (κ3) is 2.19. The van der Waals surface area contributed by atoms with Crippen LogP contribution in [0.1, 0.15) is 43.2 Å². The number of rotatable bonds is 2. The Morgan fingerprint density at radius 1 is 1.06 bits per heavy atom. The maximum Gasteiger partial charge on any atom is 0.0741 e. The van der Waals surface area contributed by atoms with Gasteiger partial charge in [0, 0.05) is 5.69 Å². The molecule has 0 radical (unpaired) electrons. The second kappa shape index (κ2) is 4.69. The number of fused-ring (bicyclic) bond motifs is 1. The predicted octanol–water partition coefficient (Wildman–Crippen LogP) is 2.89. The number of aliphatic hydroxyl groups is 1. The summed E-state index contributed by atoms with van der Waals surface area (Å²) in [6, 6.07) is 6.84. The van der Waals surface area contributed by atoms with Crippen molar-refractivity contribution in [2.75, 3.05) is 5.32 Å². The normalized spacial score (nSPS) is 27.8. The first-order valence-corrected chi connectivity index (χ1v) is 6.90. The molecule has 0 amide bonds. The van der Waals surface area contributed by atoms with Crippen LogP contribution in [0.2, 0.25) is 0 Å². The third-order valence-electron chi connectivity index (χ3n) is 4.22. The van der Waals surface area contributed by atoms with Gasteiger partial charge in [-0.25, -0.2) is 0 Å². The third-order valence-corrected chi connectivity index (χ3v) is 4.22. The van der Waals surface area contributed by atoms with E-state index in [4.69, 9.17) is 0 Å². The van der Waals surface area contributed by atoms with Crippen molar-refractivity contribution in [3.8, 4) is 0 Å². The zero-order valence-corrected chi connectivity index (χ0v) is 10.3. The molecule has 0 aliphatic heterocycles. The van der Waals surface area contributed by atoms with E-state index in [-0.39, 0.29) is 12.1 Å². The van der Waals surface area contributed by atoms with Gasteiger partial charge in [0.25, 0.3) is 0 Å². The van der Waals surface area contributed by atoms with E-state index in [1.807, 2.05) is 0 Å². The molecular formula is C15H21NO. The van der Waals surface area contributed by atoms with Crippen LogP contribution in [-0.4, -0.2) is 17.3 Å². The highest BCUT2D eigenvalue weighted by Gasteiger charge is 2.26. The van der Waals surface area contributed by atoms with Crippen LogP contribution in [0, 0.1) is 0 Å². The number of aliphatic hydroxyl groups excluding tert-OH is 1. The van der Waals surface area contributed by atoms with Gasteiger partial charge in [-0.2, -0.15) is 0 Å². The van der Waals surface area contributed by atoms with Crippen LogP contribution in [0.5, 0.6) is 0 Å². The van der Waals surface area contributed by atoms with E-state index in [9.17, 15) is 5.11 Å². The first-order valence-electron chi connectivity index (χ1n) is 6.90. The maximum atomic E-state index is 9.89. The number of nitrogens with one attached hydrogen (secondary N) is 1. The van der Waals surface area contributed by atoms with Crippen LogP contribution < -0.4 is 5.32 Å². The van der Waals surface area contributed by atoms with Gasteiger partial charge in [0.1, 0.15) is 0 Å². The number of anilines is 1. The highest BCUT2D eigenvalue weighted by atomic mass is 16.3. The van der Waals surface area contributed by atoms with Gasteiger partial charge in [0.05, 0.1) is 12.1 Å². The summed E-state index contributed by atoms with van der Waals surface area (Å²) in [6.45, 7) is 0. The quantitative estimate of drug-likeness (QED) is 0.820. The van der Waals surface area contributed by atoms with E-state index in [1.54, 1.807) is 0 Å². The van der Waals surface area contributed by atoms with E-state index in [2.05, 4.69) is 23.5 Å². The molecule has 2 N–H and O–H groups in total. The molecule has 0 aromatic heterocycles. The fourth-order valence-corrected chi connectivity index (χ4v) is 3.23. The minimum absolute atomic E-state index is 0.158. The molecule has 2 heteroatoms. The fraction of sp³-hybridized carbons (Fsp3) is 0.600. The lowest BCUT2D eigenvalue weighted by Crippen LogP contribution is -2.28. The Kier molecular flexibility index (Phi) is 3.06. The highest BCUT2D eigenvalue weighted by Crippen LogP contribution is 2.30. The highest BCUT2D eigenvalue weighted by molar-refractivity contribution is 5.56. The molecular weight excluding hydrogens is 210 g/mol. The van der Waals surface area contributed by atoms with Gasteiger partial charge in [-0.3, -0.25) is 0 Å². The fourth-order valence-electron chi connectivity index (χ4n) is 3.23. The Morgan fingerprint density at radius 3 is 2.76 bits per heavy atom. The molecule has 3 rings (SSSR count). The second-order valence-corrected chi connectivity index (χ2v) is 5.40. The van der Waals surface area contributed by atoms with Gasteiger partial charge in [-0.15, -0.1) is 0 Å². The Hall–Kier alpha value is -1.02. The lowest BCUT2D eigenvalue weighted by Gasteiger charge is -2.24. The van der Waals surface area contributed by atoms with Crippen molar-refractivity contribution in [1.82, 2.24) is 0 Å². The SMILES string of the molecule is O[C@@H]1CCC[C@H]1Nc1cccc2c1CCCC2. The van der Waals surface area contributed by atoms with E-state index < -0.39 is 0 Å². The zero-order valence-electron chi connectivity index (χ0n) is 10.3. The van der Waals surface area contributed by atoms with Crippen molar-refractivity contribution < 1.29 is 5.11 Å². The summed E-state index contributed by atoms with van der Waals surface area (Å²) in [5.74, 6) is 0. The standard InChI is InChI=1S/C15H21NO/c17-15-10-4-9-14(15)16-13-8-3-6-11-5-1-2-7-12(11)13/h3,6,8,14-17H,1-2,4-5,7,9-10H2/t14-,15-/m1/s1. The van der Waals surface area contributed by atoms with Crippen molar-refractivity contribution in [2.45, 2.75) is 57.1 Å². The van der Waals surface area contributed by atoms with Crippen LogP contribution >= 0.6 is 0 Å². The lowest BCUT2D eigenvalue weighted by molar-refractivity contribution is 0.172. The largest absolute Gasteiger partial charge is 0.391 e. The number of benzene rings is 1. The molecule has 1 saturated carbocycles. The van der Waals surface area contributed by atoms with Gasteiger partial charge >= 0.3 is 0 Å². The molecule has 2 atom stereocenters. The van der Waals surface area contributed by atoms with Crippen LogP contribution in [0.25, 0.3) is 0 Å². The van der Waals surface area contributed by atoms with Crippen LogP contribution in [0.15, 0.2) is 18.2 Å². The molecule has 1 fully saturated rings. The van der Waals surface area contributed by atoms with Gasteiger partial charge in [0.15, 0.2) is 0 Å². The van der Waals surface area contributed by atoms with E-state index in [0.29, 0.717) is 0 Å². The maximum absolute atomic E-state index is 9.89. The van der Waals surface area contributed by atoms with Crippen molar-refractivity contribution in [1.29, 1.82) is 0 Å². The minimum Gasteiger partial charge on any atom is -0.391 e. The monoisotopic (exact) mass is 231 g/mol. The average Bonchev–Trinajstić information content (AvgIpc) is 2.76. The van der Waals surface area contributed by atoms with Crippen LogP contribution in [-0.2, 0) is 12.8 Å². The van der Waals surface area contributed by atoms with E-state index in [1.165, 1.54) is 42.5 Å². The van der Waals surface area contributed by atoms with Gasteiger partial charge in [-0.05, 0) is 62.1 Å². The van der Waals surface area contributed by atoms with Crippen molar-refractivity contribution in [2.24, 2.45) is 0 Å². The summed E-state index contributed by atoms with van der Waals surface area (Å²) in [5, 5.41) is 13.5. The molecule has 2 aliphatic carbocycles. The van der Waals surface area contributed by atoms with Gasteiger partial charge < -0.3 is 10.4 Å². The van der Waals surface area contributed by atoms with Crippen molar-refractivity contribution in [3.63, 3.8) is 0 Å². The molecule has 0 spiro atoms. The molecule has 0 saturated heterocycles. The number of aryl methyl sites for hydroxylation is 1. The minimum atomic E-state index is -0.158. The smallest absolute Gasteiger partial charge is 0.0741 e. The first-order chi connectivity index (χ1) is 8.34. The predicted molar refractivity (Wildman–Crippen MR) is 70.4 cm³/mol. The molecule has 1 aromatic rings. The molecule has 1 aromatic carbocycles. The molecule has 2 nitrogen and oxygen atoms in total. The Bertz CT molecular complexity index is 402. The topological polar surface area (TPSA) is 32.3 Å². The molecule has 0 bridgehead atoms. The Morgan fingerprint density at radius 2 is 1.94 bits per heavy atom. The summed E-state index contributed by atoms with van der Waals surface area (Å²) in [6.07, 6.45) is 8.08. The molecule has 2 aliphatic rings. The van der Waals surface area contributed by atoms with Crippen molar-refractivity contribution in [3.05, 3.63) is 29.3 Å². The van der Waals surface area contributed by atoms with Gasteiger partial charge in [-0.1, -0.05) is 12.1 Å². The van der Waals surface area contributed by atoms with Crippen LogP contribution in [0.3, 0.4) is 0 Å². The second-order valence-electron chi connectivity index (χ2n) is 5.40. The Balaban J connectivity index is 1.82. The number of hydrogen-bond acceptors (Lipinski definition) is 2. The van der Waals surface area contributed by atoms with Crippen molar-refractivity contribution >= 4 is 5.69 Å². The van der Waals surface area contributed by atoms with Crippen LogP contribution in [0.4, 0.5) is 5.69 Å². The molecule has 17 heavy (non-hydrogen) atoms. The zero-order chi connectivity index (χ0) is 11.7. The summed E-state index contributed by atoms with van der Waals surface area (Å²) < 4.78 is 0. The number of hydrogen-bond donors (Lipinski definition) is 2. The molecule has 92 valence electrons. The van der Waals surface area contributed by atoms with E-state index in [0.717, 1.165) is 19.3 Å². The molecule has 0 unspecified atom stereocenters. The molecule has 0 heterocycles. The Labute approximate surface area is 103 Å². The lowest BCUT2D eigenvalue weighted by atomic mass is 9.90. The van der Waals surface area contributed by atoms with E-state index >= 15 is 0 Å². The summed E-state index contributed by atoms with van der Waals surface area (Å²) >= 11 is 0. The summed E-state index contributed by atoms with van der Waals surface area (Å²) in [4.78, 5) is 0. The summed E-state index contributed by atoms with van der Waals surface area (Å²) in [5.41, 5.74) is 4.28. The average molecular weight is 231 g/mol. The summed E-state index contributed by atoms with van der Waals surface area (Å²) in [7, 11) is 0. The van der Waals surface area contributed by atoms with Gasteiger partial charge in [0.2, 0.25) is 0 Å². The first kappa shape index (κ1) is 11.1.